The van der Waals surface area contributed by atoms with Crippen molar-refractivity contribution in [2.45, 2.75) is 4.90 Å². The molecule has 160 valence electrons. The number of amides is 1. The molecule has 0 radical (unpaired) electrons. The Hall–Kier alpha value is -3.14. The third kappa shape index (κ3) is 5.32. The molecule has 0 heterocycles. The van der Waals surface area contributed by atoms with Gasteiger partial charge in [-0.1, -0.05) is 47.5 Å². The number of halogens is 2. The van der Waals surface area contributed by atoms with E-state index >= 15 is 0 Å². The van der Waals surface area contributed by atoms with E-state index in [1.165, 1.54) is 60.7 Å². The van der Waals surface area contributed by atoms with Crippen molar-refractivity contribution in [3.05, 3.63) is 93.0 Å². The number of hydrogen-bond donors (Lipinski definition) is 1. The highest BCUT2D eigenvalue weighted by Gasteiger charge is 2.28. The molecule has 0 aliphatic rings. The molecule has 11 heteroatoms. The Bertz CT molecular complexity index is 1240. The van der Waals surface area contributed by atoms with Crippen LogP contribution in [0.15, 0.2) is 77.7 Å². The van der Waals surface area contributed by atoms with Crippen LogP contribution in [-0.2, 0) is 14.8 Å². The Kier molecular flexibility index (Phi) is 6.79. The summed E-state index contributed by atoms with van der Waals surface area (Å²) in [5.41, 5.74) is -0.102. The maximum atomic E-state index is 13.2. The maximum Gasteiger partial charge on any atom is 0.271 e. The highest BCUT2D eigenvalue weighted by atomic mass is 35.5. The highest BCUT2D eigenvalue weighted by Crippen LogP contribution is 2.28. The number of nitrogens with zero attached hydrogens (tertiary/aromatic N) is 2. The Balaban J connectivity index is 1.99. The minimum absolute atomic E-state index is 0.0320. The number of carbonyl (C=O) groups is 1. The Morgan fingerprint density at radius 3 is 2.35 bits per heavy atom. The van der Waals surface area contributed by atoms with Crippen molar-refractivity contribution in [1.29, 1.82) is 0 Å². The van der Waals surface area contributed by atoms with Gasteiger partial charge in [-0.05, 0) is 36.4 Å². The molecule has 1 N–H and O–H groups in total. The van der Waals surface area contributed by atoms with Crippen molar-refractivity contribution in [3.63, 3.8) is 0 Å². The van der Waals surface area contributed by atoms with E-state index in [-0.39, 0.29) is 27.0 Å². The van der Waals surface area contributed by atoms with Crippen LogP contribution in [0.5, 0.6) is 0 Å². The normalized spacial score (nSPS) is 11.0. The van der Waals surface area contributed by atoms with Gasteiger partial charge in [0.15, 0.2) is 0 Å². The second kappa shape index (κ2) is 9.34. The van der Waals surface area contributed by atoms with Crippen LogP contribution < -0.4 is 9.62 Å². The SMILES string of the molecule is O=C(CN(c1cccc([N+](=O)[O-])c1)S(=O)(=O)c1ccccc1)Nc1ccc(Cl)cc1Cl. The number of non-ortho nitro benzene ring substituents is 1. The van der Waals surface area contributed by atoms with E-state index in [1.54, 1.807) is 6.07 Å². The molecular formula is C20H15Cl2N3O5S. The number of carbonyl (C=O) groups excluding carboxylic acids is 1. The highest BCUT2D eigenvalue weighted by molar-refractivity contribution is 7.92. The fourth-order valence-electron chi connectivity index (χ4n) is 2.71. The van der Waals surface area contributed by atoms with Gasteiger partial charge in [-0.2, -0.15) is 0 Å². The number of benzene rings is 3. The van der Waals surface area contributed by atoms with Crippen LogP contribution in [0.4, 0.5) is 17.1 Å². The molecule has 3 rings (SSSR count). The van der Waals surface area contributed by atoms with E-state index < -0.39 is 27.4 Å². The molecule has 0 aliphatic heterocycles. The van der Waals surface area contributed by atoms with Gasteiger partial charge >= 0.3 is 0 Å². The molecule has 0 aromatic heterocycles. The molecule has 3 aromatic rings. The lowest BCUT2D eigenvalue weighted by Crippen LogP contribution is -2.38. The largest absolute Gasteiger partial charge is 0.323 e. The molecule has 0 atom stereocenters. The fraction of sp³-hybridized carbons (Fsp3) is 0.0500. The number of nitro groups is 1. The van der Waals surface area contributed by atoms with Crippen LogP contribution in [0, 0.1) is 10.1 Å². The molecule has 0 saturated carbocycles. The Labute approximate surface area is 188 Å². The van der Waals surface area contributed by atoms with Gasteiger partial charge < -0.3 is 5.32 Å². The number of nitro benzene ring substituents is 1. The van der Waals surface area contributed by atoms with Crippen LogP contribution in [0.3, 0.4) is 0 Å². The molecule has 0 saturated heterocycles. The predicted octanol–water partition coefficient (Wildman–Crippen LogP) is 4.74. The maximum absolute atomic E-state index is 13.2. The first-order chi connectivity index (χ1) is 14.7. The summed E-state index contributed by atoms with van der Waals surface area (Å²) in [6.07, 6.45) is 0. The summed E-state index contributed by atoms with van der Waals surface area (Å²) in [7, 11) is -4.20. The monoisotopic (exact) mass is 479 g/mol. The first kappa shape index (κ1) is 22.5. The quantitative estimate of drug-likeness (QED) is 0.388. The second-order valence-corrected chi connectivity index (χ2v) is 8.98. The van der Waals surface area contributed by atoms with Crippen molar-refractivity contribution in [2.75, 3.05) is 16.2 Å². The van der Waals surface area contributed by atoms with Crippen molar-refractivity contribution in [1.82, 2.24) is 0 Å². The zero-order valence-corrected chi connectivity index (χ0v) is 18.1. The topological polar surface area (TPSA) is 110 Å². The van der Waals surface area contributed by atoms with Crippen LogP contribution in [0.25, 0.3) is 0 Å². The van der Waals surface area contributed by atoms with Crippen LogP contribution in [0.1, 0.15) is 0 Å². The molecule has 0 fully saturated rings. The Morgan fingerprint density at radius 2 is 1.71 bits per heavy atom. The molecule has 0 spiro atoms. The summed E-state index contributed by atoms with van der Waals surface area (Å²) in [5, 5.41) is 14.2. The van der Waals surface area contributed by atoms with Gasteiger partial charge in [0.05, 0.1) is 26.2 Å². The van der Waals surface area contributed by atoms with Gasteiger partial charge in [-0.25, -0.2) is 8.42 Å². The van der Waals surface area contributed by atoms with Gasteiger partial charge in [0.25, 0.3) is 15.7 Å². The van der Waals surface area contributed by atoms with Crippen molar-refractivity contribution in [3.8, 4) is 0 Å². The minimum atomic E-state index is -4.20. The van der Waals surface area contributed by atoms with E-state index in [0.717, 1.165) is 10.4 Å². The number of nitrogens with one attached hydrogen (secondary N) is 1. The summed E-state index contributed by atoms with van der Waals surface area (Å²) in [6, 6.07) is 16.9. The molecule has 1 amide bonds. The zero-order chi connectivity index (χ0) is 22.6. The van der Waals surface area contributed by atoms with E-state index in [2.05, 4.69) is 5.32 Å². The first-order valence-electron chi connectivity index (χ1n) is 8.75. The minimum Gasteiger partial charge on any atom is -0.323 e. The number of anilines is 2. The van der Waals surface area contributed by atoms with Gasteiger partial charge in [0.2, 0.25) is 5.91 Å². The van der Waals surface area contributed by atoms with Gasteiger partial charge in [-0.15, -0.1) is 0 Å². The van der Waals surface area contributed by atoms with E-state index in [1.807, 2.05) is 0 Å². The molecular weight excluding hydrogens is 465 g/mol. The van der Waals surface area contributed by atoms with Gasteiger partial charge in [0.1, 0.15) is 6.54 Å². The van der Waals surface area contributed by atoms with Crippen molar-refractivity contribution in [2.24, 2.45) is 0 Å². The van der Waals surface area contributed by atoms with Gasteiger partial charge in [-0.3, -0.25) is 19.2 Å². The number of rotatable bonds is 7. The van der Waals surface area contributed by atoms with Crippen molar-refractivity contribution >= 4 is 56.2 Å². The summed E-state index contributed by atoms with van der Waals surface area (Å²) in [4.78, 5) is 23.1. The number of sulfonamides is 1. The molecule has 0 bridgehead atoms. The molecule has 0 aliphatic carbocycles. The van der Waals surface area contributed by atoms with Crippen molar-refractivity contribution < 1.29 is 18.1 Å². The lowest BCUT2D eigenvalue weighted by molar-refractivity contribution is -0.384. The summed E-state index contributed by atoms with van der Waals surface area (Å²) in [5.74, 6) is -0.699. The zero-order valence-electron chi connectivity index (χ0n) is 15.7. The van der Waals surface area contributed by atoms with E-state index in [0.29, 0.717) is 5.02 Å². The predicted molar refractivity (Wildman–Crippen MR) is 119 cm³/mol. The Morgan fingerprint density at radius 1 is 1.00 bits per heavy atom. The van der Waals surface area contributed by atoms with Crippen LogP contribution in [-0.4, -0.2) is 25.8 Å². The summed E-state index contributed by atoms with van der Waals surface area (Å²) in [6.45, 7) is -0.642. The summed E-state index contributed by atoms with van der Waals surface area (Å²) < 4.78 is 27.3. The lowest BCUT2D eigenvalue weighted by Gasteiger charge is -2.24. The van der Waals surface area contributed by atoms with Crippen LogP contribution in [0.2, 0.25) is 10.0 Å². The van der Waals surface area contributed by atoms with Gasteiger partial charge in [0, 0.05) is 17.2 Å². The van der Waals surface area contributed by atoms with E-state index in [9.17, 15) is 23.3 Å². The van der Waals surface area contributed by atoms with E-state index in [4.69, 9.17) is 23.2 Å². The number of hydrogen-bond acceptors (Lipinski definition) is 5. The average Bonchev–Trinajstić information content (AvgIpc) is 2.74. The summed E-state index contributed by atoms with van der Waals surface area (Å²) >= 11 is 11.9. The molecule has 8 nitrogen and oxygen atoms in total. The smallest absolute Gasteiger partial charge is 0.271 e. The first-order valence-corrected chi connectivity index (χ1v) is 11.0. The third-order valence-corrected chi connectivity index (χ3v) is 6.49. The molecule has 31 heavy (non-hydrogen) atoms. The standard InChI is InChI=1S/C20H15Cl2N3O5S/c21-14-9-10-19(18(22)11-14)23-20(26)13-24(15-5-4-6-16(12-15)25(27)28)31(29,30)17-7-2-1-3-8-17/h1-12H,13H2,(H,23,26). The van der Waals surface area contributed by atoms with Crippen LogP contribution >= 0.6 is 23.2 Å². The lowest BCUT2D eigenvalue weighted by atomic mass is 10.3. The third-order valence-electron chi connectivity index (χ3n) is 4.15. The molecule has 0 unspecified atom stereocenters. The molecule has 3 aromatic carbocycles. The fourth-order valence-corrected chi connectivity index (χ4v) is 4.60. The second-order valence-electron chi connectivity index (χ2n) is 6.27. The average molecular weight is 480 g/mol.